The molecule has 1 saturated carbocycles. The Morgan fingerprint density at radius 1 is 0.839 bits per heavy atom. The SMILES string of the molecule is NC1=NC2(CCCCC2)N(c2ccccc2CCc2ccc3ccccc3n2)C(N)=N1. The molecule has 2 aromatic carbocycles. The van der Waals surface area contributed by atoms with Gasteiger partial charge in [0.15, 0.2) is 0 Å². The Morgan fingerprint density at radius 3 is 2.48 bits per heavy atom. The summed E-state index contributed by atoms with van der Waals surface area (Å²) < 4.78 is 0. The van der Waals surface area contributed by atoms with Gasteiger partial charge >= 0.3 is 0 Å². The first-order valence-electron chi connectivity index (χ1n) is 11.1. The zero-order valence-corrected chi connectivity index (χ0v) is 17.7. The average Bonchev–Trinajstić information content (AvgIpc) is 2.78. The predicted molar refractivity (Wildman–Crippen MR) is 127 cm³/mol. The molecule has 0 amide bonds. The van der Waals surface area contributed by atoms with E-state index in [9.17, 15) is 0 Å². The highest BCUT2D eigenvalue weighted by molar-refractivity contribution is 6.06. The highest BCUT2D eigenvalue weighted by Crippen LogP contribution is 2.40. The molecule has 0 radical (unpaired) electrons. The largest absolute Gasteiger partial charge is 0.369 e. The Balaban J connectivity index is 1.46. The van der Waals surface area contributed by atoms with Crippen LogP contribution in [0.5, 0.6) is 0 Å². The third kappa shape index (κ3) is 3.74. The van der Waals surface area contributed by atoms with Crippen LogP contribution in [0, 0.1) is 0 Å². The van der Waals surface area contributed by atoms with E-state index in [1.165, 1.54) is 17.4 Å². The Bertz CT molecular complexity index is 1160. The maximum Gasteiger partial charge on any atom is 0.220 e. The maximum absolute atomic E-state index is 6.45. The Kier molecular flexibility index (Phi) is 5.06. The van der Waals surface area contributed by atoms with Crippen molar-refractivity contribution in [3.05, 3.63) is 71.9 Å². The third-order valence-electron chi connectivity index (χ3n) is 6.39. The lowest BCUT2D eigenvalue weighted by Gasteiger charge is -2.46. The number of nitrogens with two attached hydrogens (primary N) is 2. The lowest BCUT2D eigenvalue weighted by molar-refractivity contribution is 0.305. The molecule has 1 spiro atoms. The monoisotopic (exact) mass is 412 g/mol. The number of hydrogen-bond donors (Lipinski definition) is 2. The zero-order valence-electron chi connectivity index (χ0n) is 17.7. The zero-order chi connectivity index (χ0) is 21.3. The summed E-state index contributed by atoms with van der Waals surface area (Å²) in [6.45, 7) is 0. The van der Waals surface area contributed by atoms with Gasteiger partial charge in [-0.05, 0) is 62.3 Å². The molecule has 3 aromatic rings. The molecule has 6 heteroatoms. The molecule has 1 aliphatic heterocycles. The van der Waals surface area contributed by atoms with Gasteiger partial charge in [-0.1, -0.05) is 48.9 Å². The molecule has 2 heterocycles. The summed E-state index contributed by atoms with van der Waals surface area (Å²) in [7, 11) is 0. The van der Waals surface area contributed by atoms with E-state index in [-0.39, 0.29) is 5.96 Å². The van der Waals surface area contributed by atoms with E-state index >= 15 is 0 Å². The first-order chi connectivity index (χ1) is 15.1. The first-order valence-corrected chi connectivity index (χ1v) is 11.1. The molecule has 0 bridgehead atoms. The molecule has 158 valence electrons. The van der Waals surface area contributed by atoms with E-state index in [2.05, 4.69) is 58.4 Å². The first kappa shape index (κ1) is 19.5. The minimum atomic E-state index is -0.425. The van der Waals surface area contributed by atoms with Gasteiger partial charge < -0.3 is 11.5 Å². The van der Waals surface area contributed by atoms with Crippen LogP contribution in [0.25, 0.3) is 10.9 Å². The van der Waals surface area contributed by atoms with Crippen LogP contribution in [-0.2, 0) is 12.8 Å². The Hall–Kier alpha value is -3.41. The molecule has 31 heavy (non-hydrogen) atoms. The number of fused-ring (bicyclic) bond motifs is 1. The van der Waals surface area contributed by atoms with Crippen LogP contribution in [0.1, 0.15) is 43.4 Å². The summed E-state index contributed by atoms with van der Waals surface area (Å²) in [4.78, 5) is 16.1. The summed E-state index contributed by atoms with van der Waals surface area (Å²) >= 11 is 0. The van der Waals surface area contributed by atoms with E-state index in [1.54, 1.807) is 0 Å². The van der Waals surface area contributed by atoms with Crippen LogP contribution in [0.15, 0.2) is 70.6 Å². The van der Waals surface area contributed by atoms with Crippen LogP contribution in [0.3, 0.4) is 0 Å². The van der Waals surface area contributed by atoms with Gasteiger partial charge in [-0.2, -0.15) is 4.99 Å². The van der Waals surface area contributed by atoms with E-state index < -0.39 is 5.66 Å². The summed E-state index contributed by atoms with van der Waals surface area (Å²) in [6.07, 6.45) is 7.03. The minimum Gasteiger partial charge on any atom is -0.369 e. The van der Waals surface area contributed by atoms with Crippen LogP contribution < -0.4 is 16.4 Å². The Morgan fingerprint density at radius 2 is 1.61 bits per heavy atom. The number of aliphatic imine (C=N–C) groups is 2. The number of aryl methyl sites for hydroxylation is 2. The van der Waals surface area contributed by atoms with Gasteiger partial charge in [-0.25, -0.2) is 4.99 Å². The van der Waals surface area contributed by atoms with Gasteiger partial charge in [0.1, 0.15) is 5.66 Å². The fourth-order valence-electron chi connectivity index (χ4n) is 4.92. The van der Waals surface area contributed by atoms with Crippen molar-refractivity contribution in [1.29, 1.82) is 0 Å². The molecule has 1 aliphatic carbocycles. The van der Waals surface area contributed by atoms with Crippen molar-refractivity contribution in [3.63, 3.8) is 0 Å². The number of pyridine rings is 1. The number of guanidine groups is 2. The van der Waals surface area contributed by atoms with E-state index in [1.807, 2.05) is 12.1 Å². The Labute approximate surface area is 182 Å². The van der Waals surface area contributed by atoms with Crippen LogP contribution in [0.2, 0.25) is 0 Å². The van der Waals surface area contributed by atoms with Crippen LogP contribution >= 0.6 is 0 Å². The molecule has 2 aliphatic rings. The van der Waals surface area contributed by atoms with Gasteiger partial charge in [0.2, 0.25) is 11.9 Å². The molecular weight excluding hydrogens is 384 g/mol. The van der Waals surface area contributed by atoms with Crippen molar-refractivity contribution in [3.8, 4) is 0 Å². The van der Waals surface area contributed by atoms with Gasteiger partial charge in [-0.3, -0.25) is 9.88 Å². The number of benzene rings is 2. The standard InChI is InChI=1S/C25H28N6/c26-23-29-24(27)31(25(30-23)16-6-1-7-17-25)22-11-5-3-9-19(22)13-15-20-14-12-18-8-2-4-10-21(18)28-20/h2-5,8-12,14H,1,6-7,13,15-17H2,(H4,26,27,29,30). The quantitative estimate of drug-likeness (QED) is 0.674. The summed E-state index contributed by atoms with van der Waals surface area (Å²) in [5, 5.41) is 1.17. The molecule has 4 N–H and O–H groups in total. The summed E-state index contributed by atoms with van der Waals surface area (Å²) in [5.41, 5.74) is 16.5. The molecule has 0 unspecified atom stereocenters. The molecule has 5 rings (SSSR count). The van der Waals surface area contributed by atoms with Crippen molar-refractivity contribution in [2.24, 2.45) is 21.5 Å². The smallest absolute Gasteiger partial charge is 0.220 e. The number of para-hydroxylation sites is 2. The van der Waals surface area contributed by atoms with Crippen molar-refractivity contribution in [2.75, 3.05) is 4.90 Å². The van der Waals surface area contributed by atoms with Gasteiger partial charge in [-0.15, -0.1) is 0 Å². The maximum atomic E-state index is 6.45. The fraction of sp³-hybridized carbons (Fsp3) is 0.320. The molecular formula is C25H28N6. The lowest BCUT2D eigenvalue weighted by atomic mass is 9.86. The minimum absolute atomic E-state index is 0.286. The number of rotatable bonds is 4. The topological polar surface area (TPSA) is 92.9 Å². The average molecular weight is 413 g/mol. The lowest BCUT2D eigenvalue weighted by Crippen LogP contribution is -2.58. The van der Waals surface area contributed by atoms with Gasteiger partial charge in [0.05, 0.1) is 5.52 Å². The number of nitrogens with zero attached hydrogens (tertiary/aromatic N) is 4. The molecule has 0 atom stereocenters. The second kappa shape index (κ2) is 8.02. The van der Waals surface area contributed by atoms with Crippen molar-refractivity contribution < 1.29 is 0 Å². The fourth-order valence-corrected chi connectivity index (χ4v) is 4.92. The second-order valence-corrected chi connectivity index (χ2v) is 8.44. The highest BCUT2D eigenvalue weighted by Gasteiger charge is 2.43. The third-order valence-corrected chi connectivity index (χ3v) is 6.39. The molecule has 1 aromatic heterocycles. The van der Waals surface area contributed by atoms with Crippen molar-refractivity contribution >= 4 is 28.5 Å². The molecule has 6 nitrogen and oxygen atoms in total. The normalized spacial score (nSPS) is 18.1. The summed E-state index contributed by atoms with van der Waals surface area (Å²) in [6, 6.07) is 20.9. The van der Waals surface area contributed by atoms with Crippen LogP contribution in [-0.4, -0.2) is 22.6 Å². The van der Waals surface area contributed by atoms with E-state index in [0.29, 0.717) is 5.96 Å². The van der Waals surface area contributed by atoms with Gasteiger partial charge in [0.25, 0.3) is 0 Å². The second-order valence-electron chi connectivity index (χ2n) is 8.44. The van der Waals surface area contributed by atoms with Crippen LogP contribution in [0.4, 0.5) is 5.69 Å². The van der Waals surface area contributed by atoms with Crippen molar-refractivity contribution in [1.82, 2.24) is 4.98 Å². The predicted octanol–water partition coefficient (Wildman–Crippen LogP) is 4.13. The van der Waals surface area contributed by atoms with E-state index in [0.717, 1.165) is 55.4 Å². The molecule has 1 fully saturated rings. The van der Waals surface area contributed by atoms with E-state index in [4.69, 9.17) is 21.4 Å². The summed E-state index contributed by atoms with van der Waals surface area (Å²) in [5.74, 6) is 0.721. The van der Waals surface area contributed by atoms with Crippen molar-refractivity contribution in [2.45, 2.75) is 50.6 Å². The number of anilines is 1. The highest BCUT2D eigenvalue weighted by atomic mass is 15.4. The molecule has 0 saturated heterocycles. The number of hydrogen-bond acceptors (Lipinski definition) is 6. The van der Waals surface area contributed by atoms with Gasteiger partial charge in [0, 0.05) is 16.8 Å². The number of aromatic nitrogens is 1.